The number of Topliss-reactive ketones (excluding diaryl/α,β-unsaturated/α-hetero) is 1. The molecule has 0 aromatic heterocycles. The lowest BCUT2D eigenvalue weighted by Crippen LogP contribution is -2.39. The number of aliphatic hydroxyl groups excluding tert-OH is 1. The number of methoxy groups -OCH3 is 1. The number of ether oxygens (including phenoxy) is 1. The first kappa shape index (κ1) is 13.1. The van der Waals surface area contributed by atoms with Crippen LogP contribution in [0.4, 0.5) is 0 Å². The second-order valence-corrected chi connectivity index (χ2v) is 4.66. The zero-order chi connectivity index (χ0) is 13.0. The number of hydrogen-bond donors (Lipinski definition) is 1. The van der Waals surface area contributed by atoms with E-state index >= 15 is 0 Å². The number of nitrogens with zero attached hydrogens (tertiary/aromatic N) is 1. The van der Waals surface area contributed by atoms with E-state index in [1.807, 2.05) is 18.2 Å². The Balaban J connectivity index is 1.94. The predicted octanol–water partition coefficient (Wildman–Crippen LogP) is 1.33. The fourth-order valence-electron chi connectivity index (χ4n) is 2.17. The van der Waals surface area contributed by atoms with Crippen molar-refractivity contribution in [3.05, 3.63) is 29.8 Å². The van der Waals surface area contributed by atoms with Crippen molar-refractivity contribution in [2.75, 3.05) is 26.7 Å². The number of likely N-dealkylation sites (tertiary alicyclic amines) is 1. The van der Waals surface area contributed by atoms with Crippen molar-refractivity contribution >= 4 is 5.78 Å². The number of aliphatic hydroxyl groups is 1. The minimum absolute atomic E-state index is 0.102. The average molecular weight is 249 g/mol. The molecule has 0 atom stereocenters. The van der Waals surface area contributed by atoms with Gasteiger partial charge in [-0.15, -0.1) is 0 Å². The second kappa shape index (κ2) is 5.98. The van der Waals surface area contributed by atoms with Crippen LogP contribution in [0.2, 0.25) is 0 Å². The van der Waals surface area contributed by atoms with E-state index in [2.05, 4.69) is 4.90 Å². The fourth-order valence-corrected chi connectivity index (χ4v) is 2.17. The Hall–Kier alpha value is -1.39. The lowest BCUT2D eigenvalue weighted by atomic mass is 10.1. The number of carbonyl (C=O) groups excluding carboxylic acids is 1. The molecule has 0 radical (unpaired) electrons. The lowest BCUT2D eigenvalue weighted by molar-refractivity contribution is 0.0711. The van der Waals surface area contributed by atoms with Gasteiger partial charge in [-0.2, -0.15) is 0 Å². The molecule has 1 N–H and O–H groups in total. The molecule has 18 heavy (non-hydrogen) atoms. The molecule has 1 aromatic rings. The Morgan fingerprint density at radius 2 is 2.17 bits per heavy atom. The number of piperidine rings is 1. The highest BCUT2D eigenvalue weighted by Gasteiger charge is 2.19. The normalized spacial score (nSPS) is 17.7. The largest absolute Gasteiger partial charge is 0.497 e. The average Bonchev–Trinajstić information content (AvgIpc) is 2.41. The van der Waals surface area contributed by atoms with Crippen LogP contribution in [-0.4, -0.2) is 48.6 Å². The summed E-state index contributed by atoms with van der Waals surface area (Å²) in [6.07, 6.45) is 1.31. The standard InChI is InChI=1S/C14H19NO3/c1-18-13-4-2-3-11(9-13)14(17)10-15-7-5-12(16)6-8-15/h2-4,9,12,16H,5-8,10H2,1H3. The topological polar surface area (TPSA) is 49.8 Å². The highest BCUT2D eigenvalue weighted by Crippen LogP contribution is 2.15. The van der Waals surface area contributed by atoms with E-state index in [-0.39, 0.29) is 11.9 Å². The molecule has 1 aromatic carbocycles. The summed E-state index contributed by atoms with van der Waals surface area (Å²) in [7, 11) is 1.59. The van der Waals surface area contributed by atoms with Crippen LogP contribution in [0.15, 0.2) is 24.3 Å². The van der Waals surface area contributed by atoms with Gasteiger partial charge in [0.15, 0.2) is 5.78 Å². The smallest absolute Gasteiger partial charge is 0.176 e. The molecular weight excluding hydrogens is 230 g/mol. The predicted molar refractivity (Wildman–Crippen MR) is 69.0 cm³/mol. The van der Waals surface area contributed by atoms with Gasteiger partial charge in [0.2, 0.25) is 0 Å². The molecule has 0 amide bonds. The summed E-state index contributed by atoms with van der Waals surface area (Å²) < 4.78 is 5.11. The van der Waals surface area contributed by atoms with Crippen LogP contribution in [0, 0.1) is 0 Å². The number of carbonyl (C=O) groups is 1. The molecular formula is C14H19NO3. The van der Waals surface area contributed by atoms with E-state index in [9.17, 15) is 9.90 Å². The van der Waals surface area contributed by atoms with E-state index in [4.69, 9.17) is 4.74 Å². The van der Waals surface area contributed by atoms with Gasteiger partial charge in [0.25, 0.3) is 0 Å². The van der Waals surface area contributed by atoms with Crippen LogP contribution in [-0.2, 0) is 0 Å². The summed E-state index contributed by atoms with van der Waals surface area (Å²) in [5.74, 6) is 0.806. The van der Waals surface area contributed by atoms with Crippen molar-refractivity contribution in [3.63, 3.8) is 0 Å². The lowest BCUT2D eigenvalue weighted by Gasteiger charge is -2.28. The molecule has 98 valence electrons. The summed E-state index contributed by atoms with van der Waals surface area (Å²) in [5.41, 5.74) is 0.681. The Bertz CT molecular complexity index is 411. The molecule has 4 heteroatoms. The molecule has 1 aliphatic heterocycles. The summed E-state index contributed by atoms with van der Waals surface area (Å²) in [6.45, 7) is 1.99. The van der Waals surface area contributed by atoms with Crippen molar-refractivity contribution in [1.29, 1.82) is 0 Å². The van der Waals surface area contributed by atoms with Crippen molar-refractivity contribution in [2.24, 2.45) is 0 Å². The van der Waals surface area contributed by atoms with Gasteiger partial charge in [0, 0.05) is 18.7 Å². The highest BCUT2D eigenvalue weighted by molar-refractivity contribution is 5.97. The van der Waals surface area contributed by atoms with Crippen molar-refractivity contribution in [1.82, 2.24) is 4.90 Å². The summed E-state index contributed by atoms with van der Waals surface area (Å²) in [6, 6.07) is 7.23. The molecule has 0 aliphatic carbocycles. The second-order valence-electron chi connectivity index (χ2n) is 4.66. The molecule has 1 heterocycles. The summed E-state index contributed by atoms with van der Waals surface area (Å²) in [5, 5.41) is 9.42. The Kier molecular flexibility index (Phi) is 4.33. The zero-order valence-corrected chi connectivity index (χ0v) is 10.6. The number of benzene rings is 1. The molecule has 1 saturated heterocycles. The van der Waals surface area contributed by atoms with Crippen molar-refractivity contribution in [3.8, 4) is 5.75 Å². The molecule has 0 unspecified atom stereocenters. The van der Waals surface area contributed by atoms with E-state index in [1.54, 1.807) is 13.2 Å². The van der Waals surface area contributed by atoms with Crippen LogP contribution in [0.5, 0.6) is 5.75 Å². The van der Waals surface area contributed by atoms with Crippen LogP contribution in [0.25, 0.3) is 0 Å². The van der Waals surface area contributed by atoms with E-state index < -0.39 is 0 Å². The minimum Gasteiger partial charge on any atom is -0.497 e. The van der Waals surface area contributed by atoms with Gasteiger partial charge in [0.1, 0.15) is 5.75 Å². The number of hydrogen-bond acceptors (Lipinski definition) is 4. The van der Waals surface area contributed by atoms with Gasteiger partial charge in [-0.1, -0.05) is 12.1 Å². The molecule has 0 spiro atoms. The maximum absolute atomic E-state index is 12.1. The third kappa shape index (κ3) is 3.31. The molecule has 0 saturated carbocycles. The number of rotatable bonds is 4. The van der Waals surface area contributed by atoms with Crippen molar-refractivity contribution in [2.45, 2.75) is 18.9 Å². The van der Waals surface area contributed by atoms with E-state index in [0.717, 1.165) is 25.9 Å². The first-order valence-electron chi connectivity index (χ1n) is 6.26. The summed E-state index contributed by atoms with van der Waals surface area (Å²) in [4.78, 5) is 14.2. The van der Waals surface area contributed by atoms with Crippen LogP contribution >= 0.6 is 0 Å². The summed E-state index contributed by atoms with van der Waals surface area (Å²) >= 11 is 0. The zero-order valence-electron chi connectivity index (χ0n) is 10.6. The van der Waals surface area contributed by atoms with Crippen LogP contribution in [0.1, 0.15) is 23.2 Å². The van der Waals surface area contributed by atoms with Crippen LogP contribution in [0.3, 0.4) is 0 Å². The van der Waals surface area contributed by atoms with E-state index in [0.29, 0.717) is 17.9 Å². The van der Waals surface area contributed by atoms with Gasteiger partial charge in [-0.05, 0) is 25.0 Å². The van der Waals surface area contributed by atoms with E-state index in [1.165, 1.54) is 0 Å². The molecule has 1 aliphatic rings. The van der Waals surface area contributed by atoms with Gasteiger partial charge in [-0.25, -0.2) is 0 Å². The van der Waals surface area contributed by atoms with Crippen molar-refractivity contribution < 1.29 is 14.6 Å². The maximum atomic E-state index is 12.1. The van der Waals surface area contributed by atoms with Gasteiger partial charge in [-0.3, -0.25) is 9.69 Å². The number of ketones is 1. The maximum Gasteiger partial charge on any atom is 0.176 e. The highest BCUT2D eigenvalue weighted by atomic mass is 16.5. The molecule has 2 rings (SSSR count). The SMILES string of the molecule is COc1cccc(C(=O)CN2CCC(O)CC2)c1. The third-order valence-corrected chi connectivity index (χ3v) is 3.32. The fraction of sp³-hybridized carbons (Fsp3) is 0.500. The molecule has 1 fully saturated rings. The quantitative estimate of drug-likeness (QED) is 0.818. The molecule has 4 nitrogen and oxygen atoms in total. The Morgan fingerprint density at radius 1 is 1.44 bits per heavy atom. The third-order valence-electron chi connectivity index (χ3n) is 3.32. The Morgan fingerprint density at radius 3 is 2.83 bits per heavy atom. The van der Waals surface area contributed by atoms with Gasteiger partial charge < -0.3 is 9.84 Å². The minimum atomic E-state index is -0.201. The van der Waals surface area contributed by atoms with Gasteiger partial charge in [0.05, 0.1) is 19.8 Å². The molecule has 0 bridgehead atoms. The van der Waals surface area contributed by atoms with Gasteiger partial charge >= 0.3 is 0 Å². The Labute approximate surface area is 107 Å². The first-order valence-corrected chi connectivity index (χ1v) is 6.26. The first-order chi connectivity index (χ1) is 8.69. The van der Waals surface area contributed by atoms with Crippen LogP contribution < -0.4 is 4.74 Å². The monoisotopic (exact) mass is 249 g/mol.